The van der Waals surface area contributed by atoms with Crippen LogP contribution in [0.1, 0.15) is 15.2 Å². The molecule has 0 bridgehead atoms. The molecule has 0 unspecified atom stereocenters. The molecular formula is C12H10Br2N2O3S2. The van der Waals surface area contributed by atoms with Gasteiger partial charge in [-0.25, -0.2) is 13.6 Å². The Balaban J connectivity index is 2.34. The topological polar surface area (TPSA) is 89.3 Å². The molecule has 5 nitrogen and oxygen atoms in total. The first-order valence-electron chi connectivity index (χ1n) is 5.58. The third-order valence-electron chi connectivity index (χ3n) is 2.71. The normalized spacial score (nSPS) is 11.4. The smallest absolute Gasteiger partial charge is 0.265 e. The number of anilines is 1. The van der Waals surface area contributed by atoms with Crippen molar-refractivity contribution in [2.45, 2.75) is 11.8 Å². The van der Waals surface area contributed by atoms with Crippen molar-refractivity contribution in [2.24, 2.45) is 5.14 Å². The molecule has 0 radical (unpaired) electrons. The Kier molecular flexibility index (Phi) is 4.89. The van der Waals surface area contributed by atoms with E-state index in [0.717, 1.165) is 8.26 Å². The summed E-state index contributed by atoms with van der Waals surface area (Å²) in [5.41, 5.74) is 0.815. The van der Waals surface area contributed by atoms with Crippen LogP contribution >= 0.6 is 43.2 Å². The van der Waals surface area contributed by atoms with Crippen LogP contribution in [-0.4, -0.2) is 14.3 Å². The van der Waals surface area contributed by atoms with Crippen molar-refractivity contribution in [3.8, 4) is 0 Å². The van der Waals surface area contributed by atoms with Crippen molar-refractivity contribution in [1.29, 1.82) is 0 Å². The molecule has 3 N–H and O–H groups in total. The lowest BCUT2D eigenvalue weighted by molar-refractivity contribution is 0.103. The second-order valence-electron chi connectivity index (χ2n) is 4.16. The average molecular weight is 454 g/mol. The highest BCUT2D eigenvalue weighted by molar-refractivity contribution is 9.13. The van der Waals surface area contributed by atoms with E-state index in [4.69, 9.17) is 5.14 Å². The van der Waals surface area contributed by atoms with Crippen molar-refractivity contribution in [3.63, 3.8) is 0 Å². The highest BCUT2D eigenvalue weighted by Crippen LogP contribution is 2.33. The number of benzene rings is 1. The van der Waals surface area contributed by atoms with Gasteiger partial charge in [-0.05, 0) is 62.5 Å². The molecule has 0 aliphatic carbocycles. The van der Waals surface area contributed by atoms with Crippen molar-refractivity contribution >= 4 is 64.8 Å². The largest absolute Gasteiger partial charge is 0.321 e. The number of halogens is 2. The summed E-state index contributed by atoms with van der Waals surface area (Å²) in [5.74, 6) is -0.318. The predicted molar refractivity (Wildman–Crippen MR) is 90.2 cm³/mol. The van der Waals surface area contributed by atoms with E-state index in [1.807, 2.05) is 0 Å². The Morgan fingerprint density at radius 3 is 2.52 bits per heavy atom. The number of carbonyl (C=O) groups excluding carboxylic acids is 1. The third-order valence-corrected chi connectivity index (χ3v) is 7.02. The molecule has 0 aliphatic rings. The molecule has 1 heterocycles. The maximum absolute atomic E-state index is 12.2. The van der Waals surface area contributed by atoms with Crippen LogP contribution in [0.3, 0.4) is 0 Å². The summed E-state index contributed by atoms with van der Waals surface area (Å²) in [6.45, 7) is 1.59. The van der Waals surface area contributed by atoms with Gasteiger partial charge in [0.15, 0.2) is 0 Å². The molecule has 0 aliphatic heterocycles. The highest BCUT2D eigenvalue weighted by atomic mass is 79.9. The lowest BCUT2D eigenvalue weighted by Gasteiger charge is -2.10. The molecule has 2 aromatic rings. The SMILES string of the molecule is Cc1c(NC(=O)c2cc(Br)c(Br)s2)cccc1S(N)(=O)=O. The van der Waals surface area contributed by atoms with E-state index >= 15 is 0 Å². The summed E-state index contributed by atoms with van der Waals surface area (Å²) < 4.78 is 24.5. The number of nitrogens with one attached hydrogen (secondary N) is 1. The van der Waals surface area contributed by atoms with E-state index in [0.29, 0.717) is 16.1 Å². The summed E-state index contributed by atoms with van der Waals surface area (Å²) in [5, 5.41) is 7.83. The van der Waals surface area contributed by atoms with Crippen molar-refractivity contribution in [3.05, 3.63) is 43.0 Å². The summed E-state index contributed by atoms with van der Waals surface area (Å²) >= 11 is 7.90. The van der Waals surface area contributed by atoms with Crippen LogP contribution in [0.2, 0.25) is 0 Å². The number of sulfonamides is 1. The highest BCUT2D eigenvalue weighted by Gasteiger charge is 2.17. The van der Waals surface area contributed by atoms with Crippen LogP contribution in [0.4, 0.5) is 5.69 Å². The van der Waals surface area contributed by atoms with Gasteiger partial charge in [-0.1, -0.05) is 6.07 Å². The maximum atomic E-state index is 12.2. The van der Waals surface area contributed by atoms with E-state index in [9.17, 15) is 13.2 Å². The molecule has 112 valence electrons. The van der Waals surface area contributed by atoms with Crippen molar-refractivity contribution in [1.82, 2.24) is 0 Å². The van der Waals surface area contributed by atoms with Crippen molar-refractivity contribution < 1.29 is 13.2 Å². The first kappa shape index (κ1) is 16.6. The first-order valence-corrected chi connectivity index (χ1v) is 9.53. The van der Waals surface area contributed by atoms with Crippen LogP contribution < -0.4 is 10.5 Å². The van der Waals surface area contributed by atoms with E-state index in [-0.39, 0.29) is 10.8 Å². The minimum Gasteiger partial charge on any atom is -0.321 e. The number of rotatable bonds is 3. The zero-order valence-corrected chi connectivity index (χ0v) is 15.5. The second kappa shape index (κ2) is 6.17. The standard InChI is InChI=1S/C12H10Br2N2O3S2/c1-6-8(3-2-4-10(6)21(15,18)19)16-12(17)9-5-7(13)11(14)20-9/h2-5H,1H3,(H,16,17)(H2,15,18,19). The molecule has 0 saturated heterocycles. The minimum atomic E-state index is -3.82. The van der Waals surface area contributed by atoms with Gasteiger partial charge in [0.25, 0.3) is 5.91 Å². The van der Waals surface area contributed by atoms with Crippen molar-refractivity contribution in [2.75, 3.05) is 5.32 Å². The molecule has 0 spiro atoms. The maximum Gasteiger partial charge on any atom is 0.265 e. The van der Waals surface area contributed by atoms with Crippen LogP contribution in [-0.2, 0) is 10.0 Å². The molecule has 0 atom stereocenters. The molecule has 2 rings (SSSR count). The fraction of sp³-hybridized carbons (Fsp3) is 0.0833. The van der Waals surface area contributed by atoms with Gasteiger partial charge >= 0.3 is 0 Å². The Morgan fingerprint density at radius 2 is 2.00 bits per heavy atom. The average Bonchev–Trinajstić information content (AvgIpc) is 2.71. The number of carbonyl (C=O) groups is 1. The Labute approximate surface area is 142 Å². The Morgan fingerprint density at radius 1 is 1.33 bits per heavy atom. The third kappa shape index (κ3) is 3.72. The quantitative estimate of drug-likeness (QED) is 0.745. The van der Waals surface area contributed by atoms with E-state index < -0.39 is 10.0 Å². The molecule has 9 heteroatoms. The Hall–Kier alpha value is -0.740. The van der Waals surface area contributed by atoms with Gasteiger partial charge < -0.3 is 5.32 Å². The fourth-order valence-corrected chi connectivity index (χ4v) is 4.44. The van der Waals surface area contributed by atoms with Crippen LogP contribution in [0.15, 0.2) is 37.4 Å². The zero-order chi connectivity index (χ0) is 15.8. The number of hydrogen-bond donors (Lipinski definition) is 2. The van der Waals surface area contributed by atoms with Gasteiger partial charge in [-0.3, -0.25) is 4.79 Å². The van der Waals surface area contributed by atoms with Crippen LogP contribution in [0, 0.1) is 6.92 Å². The number of hydrogen-bond acceptors (Lipinski definition) is 4. The van der Waals surface area contributed by atoms with Crippen LogP contribution in [0.5, 0.6) is 0 Å². The summed E-state index contributed by atoms with van der Waals surface area (Å²) in [7, 11) is -3.82. The molecular weight excluding hydrogens is 444 g/mol. The minimum absolute atomic E-state index is 0.00570. The molecule has 0 saturated carbocycles. The van der Waals surface area contributed by atoms with Gasteiger partial charge in [0.2, 0.25) is 10.0 Å². The van der Waals surface area contributed by atoms with Gasteiger partial charge in [0.1, 0.15) is 0 Å². The fourth-order valence-electron chi connectivity index (χ4n) is 1.70. The second-order valence-corrected chi connectivity index (χ2v) is 8.91. The van der Waals surface area contributed by atoms with Gasteiger partial charge in [-0.2, -0.15) is 0 Å². The number of thiophene rings is 1. The van der Waals surface area contributed by atoms with Gasteiger partial charge in [0, 0.05) is 10.2 Å². The Bertz CT molecular complexity index is 796. The number of primary sulfonamides is 1. The molecule has 0 fully saturated rings. The van der Waals surface area contributed by atoms with E-state index in [1.54, 1.807) is 19.1 Å². The molecule has 1 aromatic carbocycles. The summed E-state index contributed by atoms with van der Waals surface area (Å²) in [6, 6.07) is 6.24. The molecule has 21 heavy (non-hydrogen) atoms. The lowest BCUT2D eigenvalue weighted by atomic mass is 10.2. The molecule has 1 aromatic heterocycles. The lowest BCUT2D eigenvalue weighted by Crippen LogP contribution is -2.16. The zero-order valence-electron chi connectivity index (χ0n) is 10.7. The number of nitrogens with two attached hydrogens (primary N) is 1. The monoisotopic (exact) mass is 452 g/mol. The first-order chi connectivity index (χ1) is 9.70. The van der Waals surface area contributed by atoms with E-state index in [2.05, 4.69) is 37.2 Å². The predicted octanol–water partition coefficient (Wildman–Crippen LogP) is 3.48. The summed E-state index contributed by atoms with van der Waals surface area (Å²) in [6.07, 6.45) is 0. The number of amides is 1. The summed E-state index contributed by atoms with van der Waals surface area (Å²) in [4.78, 5) is 12.7. The van der Waals surface area contributed by atoms with Gasteiger partial charge in [-0.15, -0.1) is 11.3 Å². The van der Waals surface area contributed by atoms with Gasteiger partial charge in [0.05, 0.1) is 13.6 Å². The van der Waals surface area contributed by atoms with Crippen LogP contribution in [0.25, 0.3) is 0 Å². The van der Waals surface area contributed by atoms with E-state index in [1.165, 1.54) is 23.5 Å². The molecule has 1 amide bonds.